The zero-order valence-corrected chi connectivity index (χ0v) is 12.6. The van der Waals surface area contributed by atoms with Crippen molar-refractivity contribution in [1.29, 1.82) is 0 Å². The van der Waals surface area contributed by atoms with Crippen LogP contribution < -0.4 is 5.32 Å². The predicted octanol–water partition coefficient (Wildman–Crippen LogP) is 2.97. The number of rotatable bonds is 5. The lowest BCUT2D eigenvalue weighted by molar-refractivity contribution is -0.117. The van der Waals surface area contributed by atoms with E-state index in [-0.39, 0.29) is 12.0 Å². The maximum absolute atomic E-state index is 12.0. The van der Waals surface area contributed by atoms with E-state index in [9.17, 15) is 4.79 Å². The number of hydrogen-bond donors (Lipinski definition) is 1. The molecule has 2 aliphatic rings. The van der Waals surface area contributed by atoms with Gasteiger partial charge in [-0.15, -0.1) is 0 Å². The fourth-order valence-electron chi connectivity index (χ4n) is 3.38. The summed E-state index contributed by atoms with van der Waals surface area (Å²) in [4.78, 5) is 12.0. The lowest BCUT2D eigenvalue weighted by atomic mass is 10.0. The summed E-state index contributed by atoms with van der Waals surface area (Å²) in [5, 5.41) is 7.28. The van der Waals surface area contributed by atoms with E-state index in [1.54, 1.807) is 6.20 Å². The molecule has 2 fully saturated rings. The normalized spacial score (nSPS) is 23.3. The van der Waals surface area contributed by atoms with Gasteiger partial charge in [-0.05, 0) is 38.0 Å². The third-order valence-corrected chi connectivity index (χ3v) is 4.53. The number of carbonyl (C=O) groups excluding carboxylic acids is 1. The van der Waals surface area contributed by atoms with Crippen LogP contribution in [0.15, 0.2) is 12.4 Å². The molecule has 1 aliphatic carbocycles. The van der Waals surface area contributed by atoms with E-state index in [0.717, 1.165) is 31.7 Å². The summed E-state index contributed by atoms with van der Waals surface area (Å²) >= 11 is 0. The fourth-order valence-corrected chi connectivity index (χ4v) is 3.38. The van der Waals surface area contributed by atoms with Gasteiger partial charge < -0.3 is 10.1 Å². The summed E-state index contributed by atoms with van der Waals surface area (Å²) in [6.45, 7) is 1.63. The van der Waals surface area contributed by atoms with E-state index >= 15 is 0 Å². The Morgan fingerprint density at radius 2 is 2.10 bits per heavy atom. The minimum absolute atomic E-state index is 0.121. The van der Waals surface area contributed by atoms with Crippen molar-refractivity contribution in [2.45, 2.75) is 64.0 Å². The van der Waals surface area contributed by atoms with E-state index < -0.39 is 0 Å². The van der Waals surface area contributed by atoms with Gasteiger partial charge in [-0.25, -0.2) is 0 Å². The first-order chi connectivity index (χ1) is 10.3. The van der Waals surface area contributed by atoms with Gasteiger partial charge in [0.25, 0.3) is 0 Å². The van der Waals surface area contributed by atoms with Crippen LogP contribution in [0.4, 0.5) is 5.69 Å². The second kappa shape index (κ2) is 7.07. The molecule has 1 amide bonds. The highest BCUT2D eigenvalue weighted by Gasteiger charge is 2.19. The second-order valence-corrected chi connectivity index (χ2v) is 6.34. The first kappa shape index (κ1) is 14.6. The molecule has 1 aromatic heterocycles. The Morgan fingerprint density at radius 3 is 2.86 bits per heavy atom. The molecule has 0 aromatic carbocycles. The summed E-state index contributed by atoms with van der Waals surface area (Å²) < 4.78 is 7.59. The molecule has 0 bridgehead atoms. The van der Waals surface area contributed by atoms with Crippen molar-refractivity contribution >= 4 is 11.6 Å². The number of nitrogens with zero attached hydrogens (tertiary/aromatic N) is 2. The van der Waals surface area contributed by atoms with Gasteiger partial charge in [0, 0.05) is 19.2 Å². The number of carbonyl (C=O) groups is 1. The molecular formula is C16H25N3O2. The van der Waals surface area contributed by atoms with E-state index in [1.165, 1.54) is 32.1 Å². The van der Waals surface area contributed by atoms with Gasteiger partial charge in [0.2, 0.25) is 5.91 Å². The SMILES string of the molecule is O=C(CC1CCCC1)Nc1cnn(C[C@H]2CCCCO2)c1. The van der Waals surface area contributed by atoms with E-state index in [0.29, 0.717) is 12.3 Å². The van der Waals surface area contributed by atoms with Crippen molar-refractivity contribution < 1.29 is 9.53 Å². The van der Waals surface area contributed by atoms with Gasteiger partial charge in [0.05, 0.1) is 24.5 Å². The molecule has 5 heteroatoms. The molecule has 0 unspecified atom stereocenters. The largest absolute Gasteiger partial charge is 0.376 e. The molecular weight excluding hydrogens is 266 g/mol. The molecule has 116 valence electrons. The topological polar surface area (TPSA) is 56.2 Å². The zero-order valence-electron chi connectivity index (χ0n) is 12.6. The van der Waals surface area contributed by atoms with Gasteiger partial charge in [-0.2, -0.15) is 5.10 Å². The second-order valence-electron chi connectivity index (χ2n) is 6.34. The Kier molecular flexibility index (Phi) is 4.91. The van der Waals surface area contributed by atoms with Crippen LogP contribution in [0.25, 0.3) is 0 Å². The van der Waals surface area contributed by atoms with E-state index in [4.69, 9.17) is 4.74 Å². The van der Waals surface area contributed by atoms with Crippen molar-refractivity contribution in [3.05, 3.63) is 12.4 Å². The average Bonchev–Trinajstić information content (AvgIpc) is 3.12. The highest BCUT2D eigenvalue weighted by molar-refractivity contribution is 5.90. The standard InChI is InChI=1S/C16H25N3O2/c20-16(9-13-5-1-2-6-13)18-14-10-17-19(11-14)12-15-7-3-4-8-21-15/h10-11,13,15H,1-9,12H2,(H,18,20)/t15-/m1/s1. The van der Waals surface area contributed by atoms with Crippen LogP contribution in [0.1, 0.15) is 51.4 Å². The van der Waals surface area contributed by atoms with Crippen molar-refractivity contribution in [2.75, 3.05) is 11.9 Å². The van der Waals surface area contributed by atoms with Gasteiger partial charge >= 0.3 is 0 Å². The van der Waals surface area contributed by atoms with Crippen LogP contribution >= 0.6 is 0 Å². The van der Waals surface area contributed by atoms with Crippen LogP contribution in [0.5, 0.6) is 0 Å². The third kappa shape index (κ3) is 4.30. The van der Waals surface area contributed by atoms with Crippen molar-refractivity contribution in [3.63, 3.8) is 0 Å². The van der Waals surface area contributed by atoms with Crippen LogP contribution in [0.2, 0.25) is 0 Å². The highest BCUT2D eigenvalue weighted by Crippen LogP contribution is 2.27. The number of nitrogens with one attached hydrogen (secondary N) is 1. The fraction of sp³-hybridized carbons (Fsp3) is 0.750. The Morgan fingerprint density at radius 1 is 1.29 bits per heavy atom. The molecule has 1 atom stereocenters. The lowest BCUT2D eigenvalue weighted by Crippen LogP contribution is -2.24. The van der Waals surface area contributed by atoms with E-state index in [2.05, 4.69) is 10.4 Å². The Labute approximate surface area is 126 Å². The van der Waals surface area contributed by atoms with Gasteiger partial charge in [-0.3, -0.25) is 9.48 Å². The molecule has 1 saturated heterocycles. The van der Waals surface area contributed by atoms with Crippen molar-refractivity contribution in [1.82, 2.24) is 9.78 Å². The smallest absolute Gasteiger partial charge is 0.224 e. The molecule has 21 heavy (non-hydrogen) atoms. The highest BCUT2D eigenvalue weighted by atomic mass is 16.5. The Bertz CT molecular complexity index is 460. The third-order valence-electron chi connectivity index (χ3n) is 4.53. The minimum Gasteiger partial charge on any atom is -0.376 e. The first-order valence-electron chi connectivity index (χ1n) is 8.23. The molecule has 5 nitrogen and oxygen atoms in total. The van der Waals surface area contributed by atoms with Crippen LogP contribution in [-0.4, -0.2) is 28.4 Å². The summed E-state index contributed by atoms with van der Waals surface area (Å²) in [6.07, 6.45) is 13.0. The van der Waals surface area contributed by atoms with Crippen LogP contribution in [-0.2, 0) is 16.1 Å². The monoisotopic (exact) mass is 291 g/mol. The molecule has 2 heterocycles. The summed E-state index contributed by atoms with van der Waals surface area (Å²) in [5.74, 6) is 0.700. The maximum Gasteiger partial charge on any atom is 0.224 e. The van der Waals surface area contributed by atoms with Crippen molar-refractivity contribution in [2.24, 2.45) is 5.92 Å². The quantitative estimate of drug-likeness (QED) is 0.907. The predicted molar refractivity (Wildman–Crippen MR) is 81.0 cm³/mol. The summed E-state index contributed by atoms with van der Waals surface area (Å²) in [7, 11) is 0. The first-order valence-corrected chi connectivity index (χ1v) is 8.23. The van der Waals surface area contributed by atoms with E-state index in [1.807, 2.05) is 10.9 Å². The number of anilines is 1. The van der Waals surface area contributed by atoms with Gasteiger partial charge in [0.15, 0.2) is 0 Å². The molecule has 3 rings (SSSR count). The number of amides is 1. The molecule has 0 radical (unpaired) electrons. The Hall–Kier alpha value is -1.36. The zero-order chi connectivity index (χ0) is 14.5. The molecule has 1 saturated carbocycles. The molecule has 0 spiro atoms. The lowest BCUT2D eigenvalue weighted by Gasteiger charge is -2.22. The maximum atomic E-state index is 12.0. The summed E-state index contributed by atoms with van der Waals surface area (Å²) in [6, 6.07) is 0. The Balaban J connectivity index is 1.46. The van der Waals surface area contributed by atoms with Gasteiger partial charge in [-0.1, -0.05) is 12.8 Å². The van der Waals surface area contributed by atoms with Crippen molar-refractivity contribution in [3.8, 4) is 0 Å². The van der Waals surface area contributed by atoms with Crippen LogP contribution in [0.3, 0.4) is 0 Å². The molecule has 1 N–H and O–H groups in total. The van der Waals surface area contributed by atoms with Crippen LogP contribution in [0, 0.1) is 5.92 Å². The average molecular weight is 291 g/mol. The summed E-state index contributed by atoms with van der Waals surface area (Å²) in [5.41, 5.74) is 0.800. The number of aromatic nitrogens is 2. The number of ether oxygens (including phenoxy) is 1. The molecule has 1 aliphatic heterocycles. The minimum atomic E-state index is 0.121. The number of hydrogen-bond acceptors (Lipinski definition) is 3. The van der Waals surface area contributed by atoms with Gasteiger partial charge in [0.1, 0.15) is 0 Å². The molecule has 1 aromatic rings.